The molecule has 1 fully saturated rings. The lowest BCUT2D eigenvalue weighted by Crippen LogP contribution is -2.46. The maximum Gasteiger partial charge on any atom is 0.223 e. The second kappa shape index (κ2) is 7.97. The van der Waals surface area contributed by atoms with Gasteiger partial charge < -0.3 is 14.4 Å². The van der Waals surface area contributed by atoms with Crippen LogP contribution in [0.4, 0.5) is 0 Å². The van der Waals surface area contributed by atoms with Crippen LogP contribution in [0.2, 0.25) is 0 Å². The Morgan fingerprint density at radius 1 is 1.38 bits per heavy atom. The normalized spacial score (nSPS) is 17.7. The zero-order valence-corrected chi connectivity index (χ0v) is 13.9. The molecule has 0 radical (unpaired) electrons. The van der Waals surface area contributed by atoms with Gasteiger partial charge in [-0.15, -0.1) is 0 Å². The maximum atomic E-state index is 12.4. The first kappa shape index (κ1) is 16.5. The summed E-state index contributed by atoms with van der Waals surface area (Å²) in [4.78, 5) is 14.3. The fourth-order valence-electron chi connectivity index (χ4n) is 2.92. The molecule has 1 saturated heterocycles. The number of rotatable bonds is 6. The van der Waals surface area contributed by atoms with Gasteiger partial charge in [0, 0.05) is 32.1 Å². The Bertz CT molecular complexity index is 640. The average Bonchev–Trinajstić information content (AvgIpc) is 3.14. The van der Waals surface area contributed by atoms with Crippen LogP contribution in [0.25, 0.3) is 0 Å². The highest BCUT2D eigenvalue weighted by atomic mass is 16.5. The van der Waals surface area contributed by atoms with Gasteiger partial charge in [0.2, 0.25) is 5.91 Å². The summed E-state index contributed by atoms with van der Waals surface area (Å²) in [6, 6.07) is 7.99. The predicted molar refractivity (Wildman–Crippen MR) is 89.9 cm³/mol. The summed E-state index contributed by atoms with van der Waals surface area (Å²) in [5, 5.41) is 6.68. The topological polar surface area (TPSA) is 67.5 Å². The number of H-pyrrole nitrogens is 1. The van der Waals surface area contributed by atoms with E-state index in [4.69, 9.17) is 9.47 Å². The molecule has 1 amide bonds. The number of carbonyl (C=O) groups excluding carboxylic acids is 1. The number of nitrogens with zero attached hydrogens (tertiary/aromatic N) is 2. The highest BCUT2D eigenvalue weighted by Gasteiger charge is 2.24. The van der Waals surface area contributed by atoms with E-state index in [0.29, 0.717) is 26.1 Å². The van der Waals surface area contributed by atoms with Gasteiger partial charge in [-0.1, -0.05) is 12.1 Å². The van der Waals surface area contributed by atoms with Crippen molar-refractivity contribution < 1.29 is 14.3 Å². The van der Waals surface area contributed by atoms with Crippen LogP contribution < -0.4 is 4.74 Å². The third-order valence-corrected chi connectivity index (χ3v) is 4.30. The highest BCUT2D eigenvalue weighted by Crippen LogP contribution is 2.16. The quantitative estimate of drug-likeness (QED) is 0.878. The second-order valence-corrected chi connectivity index (χ2v) is 5.99. The molecule has 3 rings (SSSR count). The van der Waals surface area contributed by atoms with Gasteiger partial charge >= 0.3 is 0 Å². The Hall–Kier alpha value is -2.34. The molecule has 1 N–H and O–H groups in total. The Labute approximate surface area is 141 Å². The summed E-state index contributed by atoms with van der Waals surface area (Å²) in [5.74, 6) is 1.03. The molecule has 1 aromatic heterocycles. The molecule has 1 aromatic carbocycles. The molecule has 1 atom stereocenters. The molecule has 1 aliphatic rings. The number of ether oxygens (including phenoxy) is 2. The summed E-state index contributed by atoms with van der Waals surface area (Å²) < 4.78 is 11.0. The van der Waals surface area contributed by atoms with Gasteiger partial charge in [-0.2, -0.15) is 5.10 Å². The van der Waals surface area contributed by atoms with Gasteiger partial charge in [0.05, 0.1) is 26.0 Å². The van der Waals surface area contributed by atoms with Crippen molar-refractivity contribution in [1.29, 1.82) is 0 Å². The van der Waals surface area contributed by atoms with Gasteiger partial charge in [0.25, 0.3) is 0 Å². The van der Waals surface area contributed by atoms with Crippen molar-refractivity contribution in [2.45, 2.75) is 25.4 Å². The van der Waals surface area contributed by atoms with E-state index in [1.54, 1.807) is 13.3 Å². The van der Waals surface area contributed by atoms with Crippen LogP contribution in [-0.4, -0.2) is 53.9 Å². The van der Waals surface area contributed by atoms with E-state index in [1.165, 1.54) is 5.56 Å². The fraction of sp³-hybridized carbons (Fsp3) is 0.444. The van der Waals surface area contributed by atoms with Gasteiger partial charge in [0.15, 0.2) is 0 Å². The van der Waals surface area contributed by atoms with E-state index in [0.717, 1.165) is 24.2 Å². The number of nitrogens with one attached hydrogen (secondary N) is 1. The lowest BCUT2D eigenvalue weighted by molar-refractivity contribution is -0.138. The van der Waals surface area contributed by atoms with Gasteiger partial charge in [-0.05, 0) is 29.7 Å². The molecule has 0 aliphatic carbocycles. The number of carbonyl (C=O) groups is 1. The molecule has 2 aromatic rings. The van der Waals surface area contributed by atoms with E-state index < -0.39 is 0 Å². The minimum Gasteiger partial charge on any atom is -0.497 e. The van der Waals surface area contributed by atoms with Crippen LogP contribution in [-0.2, 0) is 22.4 Å². The highest BCUT2D eigenvalue weighted by molar-refractivity contribution is 5.76. The number of aryl methyl sites for hydroxylation is 1. The number of morpholine rings is 1. The molecule has 6 heteroatoms. The van der Waals surface area contributed by atoms with Crippen LogP contribution in [0, 0.1) is 0 Å². The number of benzene rings is 1. The van der Waals surface area contributed by atoms with E-state index >= 15 is 0 Å². The molecule has 0 spiro atoms. The third-order valence-electron chi connectivity index (χ3n) is 4.30. The van der Waals surface area contributed by atoms with E-state index in [2.05, 4.69) is 10.2 Å². The molecular weight excluding hydrogens is 306 g/mol. The molecule has 2 heterocycles. The zero-order valence-electron chi connectivity index (χ0n) is 13.9. The van der Waals surface area contributed by atoms with E-state index in [1.807, 2.05) is 35.4 Å². The van der Waals surface area contributed by atoms with Crippen molar-refractivity contribution in [3.8, 4) is 5.75 Å². The van der Waals surface area contributed by atoms with Crippen molar-refractivity contribution in [3.63, 3.8) is 0 Å². The van der Waals surface area contributed by atoms with Crippen LogP contribution >= 0.6 is 0 Å². The molecular formula is C18H23N3O3. The number of hydrogen-bond acceptors (Lipinski definition) is 4. The molecule has 128 valence electrons. The monoisotopic (exact) mass is 329 g/mol. The summed E-state index contributed by atoms with van der Waals surface area (Å²) in [6.45, 7) is 1.91. The van der Waals surface area contributed by atoms with Crippen molar-refractivity contribution in [2.75, 3.05) is 26.8 Å². The molecule has 0 unspecified atom stereocenters. The van der Waals surface area contributed by atoms with E-state index in [-0.39, 0.29) is 12.0 Å². The Morgan fingerprint density at radius 2 is 2.21 bits per heavy atom. The number of aromatic nitrogens is 2. The Morgan fingerprint density at radius 3 is 2.92 bits per heavy atom. The molecule has 6 nitrogen and oxygen atoms in total. The summed E-state index contributed by atoms with van der Waals surface area (Å²) >= 11 is 0. The van der Waals surface area contributed by atoms with Gasteiger partial charge in [-0.3, -0.25) is 9.89 Å². The molecule has 24 heavy (non-hydrogen) atoms. The van der Waals surface area contributed by atoms with Crippen LogP contribution in [0.1, 0.15) is 17.5 Å². The maximum absolute atomic E-state index is 12.4. The average molecular weight is 329 g/mol. The summed E-state index contributed by atoms with van der Waals surface area (Å²) in [7, 11) is 1.66. The first-order valence-corrected chi connectivity index (χ1v) is 8.24. The first-order chi connectivity index (χ1) is 11.7. The van der Waals surface area contributed by atoms with Gasteiger partial charge in [0.1, 0.15) is 5.75 Å². The van der Waals surface area contributed by atoms with Crippen molar-refractivity contribution in [1.82, 2.24) is 15.1 Å². The third kappa shape index (κ3) is 4.35. The van der Waals surface area contributed by atoms with Crippen LogP contribution in [0.5, 0.6) is 5.75 Å². The lowest BCUT2D eigenvalue weighted by atomic mass is 10.1. The minimum atomic E-state index is 0.0463. The van der Waals surface area contributed by atoms with Crippen molar-refractivity contribution in [3.05, 3.63) is 47.8 Å². The largest absolute Gasteiger partial charge is 0.497 e. The molecule has 0 saturated carbocycles. The Balaban J connectivity index is 1.50. The number of hydrogen-bond donors (Lipinski definition) is 1. The van der Waals surface area contributed by atoms with E-state index in [9.17, 15) is 4.79 Å². The molecule has 0 bridgehead atoms. The Kier molecular flexibility index (Phi) is 5.48. The SMILES string of the molecule is COc1ccc(C[C@H]2CN(C(=O)CCc3cn[nH]c3)CCO2)cc1. The summed E-state index contributed by atoms with van der Waals surface area (Å²) in [6.07, 6.45) is 5.67. The smallest absolute Gasteiger partial charge is 0.223 e. The summed E-state index contributed by atoms with van der Waals surface area (Å²) in [5.41, 5.74) is 2.25. The second-order valence-electron chi connectivity index (χ2n) is 5.99. The fourth-order valence-corrected chi connectivity index (χ4v) is 2.92. The first-order valence-electron chi connectivity index (χ1n) is 8.24. The van der Waals surface area contributed by atoms with Gasteiger partial charge in [-0.25, -0.2) is 0 Å². The minimum absolute atomic E-state index is 0.0463. The number of amides is 1. The standard InChI is InChI=1S/C18H23N3O3/c1-23-16-5-2-14(3-6-16)10-17-13-21(8-9-24-17)18(22)7-4-15-11-19-20-12-15/h2-3,5-6,11-12,17H,4,7-10,13H2,1H3,(H,19,20)/t17-/m0/s1. The van der Waals surface area contributed by atoms with Crippen molar-refractivity contribution >= 4 is 5.91 Å². The lowest BCUT2D eigenvalue weighted by Gasteiger charge is -2.33. The van der Waals surface area contributed by atoms with Crippen LogP contribution in [0.15, 0.2) is 36.7 Å². The zero-order chi connectivity index (χ0) is 16.8. The predicted octanol–water partition coefficient (Wildman–Crippen LogP) is 1.82. The van der Waals surface area contributed by atoms with Crippen LogP contribution in [0.3, 0.4) is 0 Å². The number of methoxy groups -OCH3 is 1. The number of aromatic amines is 1. The van der Waals surface area contributed by atoms with Crippen molar-refractivity contribution in [2.24, 2.45) is 0 Å². The molecule has 1 aliphatic heterocycles.